The fourth-order valence-corrected chi connectivity index (χ4v) is 10.5. The van der Waals surface area contributed by atoms with E-state index in [0.29, 0.717) is 35.1 Å². The molecule has 2 aromatic carbocycles. The third kappa shape index (κ3) is 7.38. The minimum Gasteiger partial charge on any atom is -0.444 e. The van der Waals surface area contributed by atoms with Crippen LogP contribution in [0.2, 0.25) is 25.7 Å². The van der Waals surface area contributed by atoms with Crippen molar-refractivity contribution in [1.82, 2.24) is 25.5 Å². The summed E-state index contributed by atoms with van der Waals surface area (Å²) in [5, 5.41) is 14.5. The monoisotopic (exact) mass is 647 g/mol. The van der Waals surface area contributed by atoms with Crippen LogP contribution >= 0.6 is 15.9 Å². The van der Waals surface area contributed by atoms with Crippen LogP contribution < -0.4 is 0 Å². The molecule has 1 aromatic heterocycles. The van der Waals surface area contributed by atoms with Crippen LogP contribution in [0.3, 0.4) is 0 Å². The SMILES string of the molecule is CC(C)(C)OC(=O)N1CCC(c2ccc(-c3ccc(Br)c(S(=O)(=O)CC[Si](C)(C)C)c3-c3nn[nH]n3)cc2)CC1. The van der Waals surface area contributed by atoms with Crippen molar-refractivity contribution in [3.05, 3.63) is 46.4 Å². The van der Waals surface area contributed by atoms with Gasteiger partial charge in [-0.1, -0.05) is 50.0 Å². The zero-order valence-corrected chi connectivity index (χ0v) is 27.4. The highest BCUT2D eigenvalue weighted by molar-refractivity contribution is 9.10. The molecule has 1 aliphatic heterocycles. The topological polar surface area (TPSA) is 118 Å². The van der Waals surface area contributed by atoms with Crippen molar-refractivity contribution in [1.29, 1.82) is 0 Å². The number of sulfone groups is 1. The lowest BCUT2D eigenvalue weighted by atomic mass is 9.88. The summed E-state index contributed by atoms with van der Waals surface area (Å²) in [6.45, 7) is 13.4. The van der Waals surface area contributed by atoms with Gasteiger partial charge in [0.25, 0.3) is 0 Å². The third-order valence-electron chi connectivity index (χ3n) is 6.95. The number of piperidine rings is 1. The Balaban J connectivity index is 1.62. The highest BCUT2D eigenvalue weighted by Gasteiger charge is 2.30. The number of aromatic nitrogens is 4. The molecule has 3 aromatic rings. The van der Waals surface area contributed by atoms with Crippen molar-refractivity contribution >= 4 is 39.9 Å². The van der Waals surface area contributed by atoms with Gasteiger partial charge >= 0.3 is 6.09 Å². The quantitative estimate of drug-likeness (QED) is 0.290. The number of H-pyrrole nitrogens is 1. The molecule has 1 fully saturated rings. The maximum Gasteiger partial charge on any atom is 0.410 e. The first kappa shape index (κ1) is 30.4. The molecule has 9 nitrogen and oxygen atoms in total. The Morgan fingerprint density at radius 1 is 1.10 bits per heavy atom. The fourth-order valence-electron chi connectivity index (χ4n) is 4.79. The highest BCUT2D eigenvalue weighted by atomic mass is 79.9. The summed E-state index contributed by atoms with van der Waals surface area (Å²) >= 11 is 3.50. The van der Waals surface area contributed by atoms with Gasteiger partial charge in [-0.25, -0.2) is 13.2 Å². The van der Waals surface area contributed by atoms with Crippen LogP contribution in [0.15, 0.2) is 45.8 Å². The molecule has 12 heteroatoms. The van der Waals surface area contributed by atoms with Gasteiger partial charge in [-0.15, -0.1) is 10.2 Å². The molecule has 0 saturated carbocycles. The normalized spacial score (nSPS) is 15.3. The van der Waals surface area contributed by atoms with Crippen LogP contribution in [-0.4, -0.2) is 72.6 Å². The summed E-state index contributed by atoms with van der Waals surface area (Å²) in [4.78, 5) is 14.4. The summed E-state index contributed by atoms with van der Waals surface area (Å²) in [5.41, 5.74) is 2.71. The fraction of sp³-hybridized carbons (Fsp3) is 0.500. The molecule has 4 rings (SSSR count). The Bertz CT molecular complexity index is 1440. The Kier molecular flexibility index (Phi) is 8.91. The van der Waals surface area contributed by atoms with E-state index in [2.05, 4.69) is 68.3 Å². The third-order valence-corrected chi connectivity index (χ3v) is 11.8. The van der Waals surface area contributed by atoms with Crippen molar-refractivity contribution in [3.63, 3.8) is 0 Å². The van der Waals surface area contributed by atoms with E-state index in [-0.39, 0.29) is 22.6 Å². The maximum atomic E-state index is 13.7. The number of halogens is 1. The van der Waals surface area contributed by atoms with Crippen molar-refractivity contribution < 1.29 is 17.9 Å². The average Bonchev–Trinajstić information content (AvgIpc) is 3.41. The summed E-state index contributed by atoms with van der Waals surface area (Å²) < 4.78 is 33.4. The Morgan fingerprint density at radius 3 is 2.30 bits per heavy atom. The molecule has 2 heterocycles. The number of hydrogen-bond donors (Lipinski definition) is 1. The van der Waals surface area contributed by atoms with Gasteiger partial charge in [0.05, 0.1) is 16.2 Å². The number of benzene rings is 2. The van der Waals surface area contributed by atoms with Crippen LogP contribution in [0.1, 0.15) is 45.1 Å². The number of carbonyl (C=O) groups is 1. The zero-order chi connectivity index (χ0) is 29.3. The minimum absolute atomic E-state index is 0.0660. The first-order chi connectivity index (χ1) is 18.6. The standard InChI is InChI=1S/C28H38BrN5O4SSi/c1-28(2,3)38-27(35)34-15-13-20(14-16-34)19-7-9-21(10-8-19)22-11-12-23(29)25(24(22)26-30-32-33-31-26)39(36,37)17-18-40(4,5)6/h7-12,20H,13-18H2,1-6H3,(H,30,31,32,33). The molecule has 0 radical (unpaired) electrons. The number of tetrazole rings is 1. The molecule has 0 unspecified atom stereocenters. The molecule has 0 aliphatic carbocycles. The molecular formula is C28H38BrN5O4SSi. The second-order valence-corrected chi connectivity index (χ2v) is 21.0. The molecule has 0 atom stereocenters. The van der Waals surface area contributed by atoms with E-state index in [1.165, 1.54) is 5.56 Å². The Labute approximate surface area is 246 Å². The number of nitrogens with one attached hydrogen (secondary N) is 1. The van der Waals surface area contributed by atoms with Gasteiger partial charge in [0, 0.05) is 25.6 Å². The van der Waals surface area contributed by atoms with E-state index in [9.17, 15) is 13.2 Å². The largest absolute Gasteiger partial charge is 0.444 e. The van der Waals surface area contributed by atoms with Crippen LogP contribution in [0, 0.1) is 0 Å². The second-order valence-electron chi connectivity index (χ2n) is 12.5. The predicted octanol–water partition coefficient (Wildman–Crippen LogP) is 6.52. The molecule has 1 saturated heterocycles. The van der Waals surface area contributed by atoms with Gasteiger partial charge in [0.1, 0.15) is 5.60 Å². The maximum absolute atomic E-state index is 13.7. The highest BCUT2D eigenvalue weighted by Crippen LogP contribution is 2.41. The van der Waals surface area contributed by atoms with Gasteiger partial charge in [-0.05, 0) is 89.5 Å². The van der Waals surface area contributed by atoms with Gasteiger partial charge in [-0.2, -0.15) is 5.21 Å². The van der Waals surface area contributed by atoms with E-state index >= 15 is 0 Å². The van der Waals surface area contributed by atoms with Crippen LogP contribution in [0.25, 0.3) is 22.5 Å². The first-order valence-electron chi connectivity index (χ1n) is 13.5. The van der Waals surface area contributed by atoms with Crippen molar-refractivity contribution in [2.75, 3.05) is 18.8 Å². The van der Waals surface area contributed by atoms with Gasteiger partial charge in [0.15, 0.2) is 9.84 Å². The summed E-state index contributed by atoms with van der Waals surface area (Å²) in [5.74, 6) is 0.629. The number of likely N-dealkylation sites (tertiary alicyclic amines) is 1. The Hall–Kier alpha value is -2.57. The molecule has 40 heavy (non-hydrogen) atoms. The number of hydrogen-bond acceptors (Lipinski definition) is 7. The van der Waals surface area contributed by atoms with Crippen LogP contribution in [-0.2, 0) is 14.6 Å². The van der Waals surface area contributed by atoms with Crippen molar-refractivity contribution in [2.24, 2.45) is 0 Å². The number of amides is 1. The molecule has 1 N–H and O–H groups in total. The number of carbonyl (C=O) groups excluding carboxylic acids is 1. The van der Waals surface area contributed by atoms with Crippen molar-refractivity contribution in [3.8, 4) is 22.5 Å². The van der Waals surface area contributed by atoms with E-state index in [0.717, 1.165) is 24.0 Å². The number of aromatic amines is 1. The van der Waals surface area contributed by atoms with Crippen LogP contribution in [0.4, 0.5) is 4.79 Å². The first-order valence-corrected chi connectivity index (χ1v) is 19.7. The summed E-state index contributed by atoms with van der Waals surface area (Å²) in [7, 11) is -5.23. The lowest BCUT2D eigenvalue weighted by Gasteiger charge is -2.33. The van der Waals surface area contributed by atoms with Gasteiger partial charge < -0.3 is 9.64 Å². The van der Waals surface area contributed by atoms with E-state index < -0.39 is 23.5 Å². The smallest absolute Gasteiger partial charge is 0.410 e. The molecule has 0 spiro atoms. The molecule has 1 amide bonds. The lowest BCUT2D eigenvalue weighted by Crippen LogP contribution is -2.41. The molecular weight excluding hydrogens is 610 g/mol. The molecule has 0 bridgehead atoms. The lowest BCUT2D eigenvalue weighted by molar-refractivity contribution is 0.0205. The second kappa shape index (κ2) is 11.7. The van der Waals surface area contributed by atoms with Crippen molar-refractivity contribution in [2.45, 2.75) is 75.7 Å². The van der Waals surface area contributed by atoms with Gasteiger partial charge in [0.2, 0.25) is 5.82 Å². The Morgan fingerprint density at radius 2 is 1.75 bits per heavy atom. The average molecular weight is 649 g/mol. The van der Waals surface area contributed by atoms with E-state index in [1.54, 1.807) is 11.0 Å². The van der Waals surface area contributed by atoms with E-state index in [4.69, 9.17) is 4.74 Å². The number of rotatable bonds is 7. The summed E-state index contributed by atoms with van der Waals surface area (Å²) in [6, 6.07) is 12.5. The van der Waals surface area contributed by atoms with E-state index in [1.807, 2.05) is 39.0 Å². The number of ether oxygens (including phenoxy) is 1. The summed E-state index contributed by atoms with van der Waals surface area (Å²) in [6.07, 6.45) is 1.44. The molecule has 1 aliphatic rings. The van der Waals surface area contributed by atoms with Gasteiger partial charge in [-0.3, -0.25) is 0 Å². The molecule has 216 valence electrons. The zero-order valence-electron chi connectivity index (χ0n) is 24.0. The minimum atomic E-state index is -3.64. The number of nitrogens with zero attached hydrogens (tertiary/aromatic N) is 4. The predicted molar refractivity (Wildman–Crippen MR) is 163 cm³/mol. The van der Waals surface area contributed by atoms with Crippen LogP contribution in [0.5, 0.6) is 0 Å².